The number of rotatable bonds is 2. The van der Waals surface area contributed by atoms with Gasteiger partial charge in [0.1, 0.15) is 5.82 Å². The molecule has 0 aliphatic heterocycles. The number of halogens is 2. The molecule has 5 heteroatoms. The molecule has 0 saturated heterocycles. The average molecular weight is 218 g/mol. The first kappa shape index (κ1) is 10.8. The van der Waals surface area contributed by atoms with Crippen LogP contribution in [0.25, 0.3) is 0 Å². The molecule has 0 amide bonds. The number of hydrogen-bond donors (Lipinski definition) is 1. The van der Waals surface area contributed by atoms with E-state index in [0.29, 0.717) is 0 Å². The minimum Gasteiger partial charge on any atom is -0.462 e. The molecule has 0 saturated carbocycles. The van der Waals surface area contributed by atoms with Gasteiger partial charge in [-0.05, 0) is 19.1 Å². The summed E-state index contributed by atoms with van der Waals surface area (Å²) in [6.45, 7) is 1.85. The summed E-state index contributed by atoms with van der Waals surface area (Å²) in [5.74, 6) is -1.29. The number of hydrogen-bond acceptors (Lipinski definition) is 3. The lowest BCUT2D eigenvalue weighted by atomic mass is 10.2. The van der Waals surface area contributed by atoms with Crippen LogP contribution in [0.15, 0.2) is 12.1 Å². The Morgan fingerprint density at radius 2 is 2.29 bits per heavy atom. The molecule has 0 radical (unpaired) electrons. The van der Waals surface area contributed by atoms with E-state index in [1.165, 1.54) is 0 Å². The van der Waals surface area contributed by atoms with Crippen LogP contribution in [0.4, 0.5) is 10.1 Å². The summed E-state index contributed by atoms with van der Waals surface area (Å²) in [5.41, 5.74) is 5.35. The first-order valence-corrected chi connectivity index (χ1v) is 4.35. The minimum atomic E-state index is -0.677. The Labute approximate surface area is 85.6 Å². The maximum atomic E-state index is 12.9. The molecule has 3 nitrogen and oxygen atoms in total. The monoisotopic (exact) mass is 217 g/mol. The summed E-state index contributed by atoms with van der Waals surface area (Å²) in [7, 11) is 0. The number of anilines is 1. The van der Waals surface area contributed by atoms with Gasteiger partial charge in [0.05, 0.1) is 22.9 Å². The van der Waals surface area contributed by atoms with E-state index in [9.17, 15) is 9.18 Å². The minimum absolute atomic E-state index is 0.0184. The highest BCUT2D eigenvalue weighted by Gasteiger charge is 2.15. The van der Waals surface area contributed by atoms with Crippen molar-refractivity contribution in [1.29, 1.82) is 0 Å². The smallest absolute Gasteiger partial charge is 0.339 e. The Bertz CT molecular complexity index is 368. The third-order valence-corrected chi connectivity index (χ3v) is 1.98. The molecule has 0 aliphatic carbocycles. The van der Waals surface area contributed by atoms with Crippen LogP contribution in [-0.2, 0) is 4.74 Å². The van der Waals surface area contributed by atoms with E-state index >= 15 is 0 Å². The summed E-state index contributed by atoms with van der Waals surface area (Å²) in [6, 6.07) is 2.04. The highest BCUT2D eigenvalue weighted by Crippen LogP contribution is 2.25. The van der Waals surface area contributed by atoms with Gasteiger partial charge >= 0.3 is 5.97 Å². The van der Waals surface area contributed by atoms with E-state index in [1.807, 2.05) is 0 Å². The number of carbonyl (C=O) groups is 1. The lowest BCUT2D eigenvalue weighted by molar-refractivity contribution is 0.0526. The van der Waals surface area contributed by atoms with Crippen LogP contribution in [0.2, 0.25) is 5.02 Å². The fourth-order valence-corrected chi connectivity index (χ4v) is 1.15. The number of carbonyl (C=O) groups excluding carboxylic acids is 1. The number of ether oxygens (including phenoxy) is 1. The second kappa shape index (κ2) is 4.28. The van der Waals surface area contributed by atoms with Crippen molar-refractivity contribution in [3.05, 3.63) is 28.5 Å². The predicted molar refractivity (Wildman–Crippen MR) is 51.8 cm³/mol. The predicted octanol–water partition coefficient (Wildman–Crippen LogP) is 2.24. The van der Waals surface area contributed by atoms with E-state index in [4.69, 9.17) is 17.3 Å². The van der Waals surface area contributed by atoms with Crippen LogP contribution in [0, 0.1) is 5.82 Å². The highest BCUT2D eigenvalue weighted by atomic mass is 35.5. The zero-order valence-corrected chi connectivity index (χ0v) is 8.27. The van der Waals surface area contributed by atoms with Crippen molar-refractivity contribution in [2.75, 3.05) is 12.3 Å². The number of nitrogen functional groups attached to an aromatic ring is 1. The van der Waals surface area contributed by atoms with Crippen LogP contribution in [0.1, 0.15) is 17.3 Å². The standard InChI is InChI=1S/C9H9ClFNO2/c1-2-14-9(13)6-3-5(11)4-7(12)8(6)10/h3-4H,2,12H2,1H3. The first-order valence-electron chi connectivity index (χ1n) is 3.98. The van der Waals surface area contributed by atoms with Crippen LogP contribution >= 0.6 is 11.6 Å². The van der Waals surface area contributed by atoms with Crippen molar-refractivity contribution < 1.29 is 13.9 Å². The Morgan fingerprint density at radius 1 is 1.64 bits per heavy atom. The molecule has 0 aromatic heterocycles. The lowest BCUT2D eigenvalue weighted by Gasteiger charge is -2.06. The molecule has 0 spiro atoms. The molecule has 76 valence electrons. The van der Waals surface area contributed by atoms with Crippen molar-refractivity contribution in [3.8, 4) is 0 Å². The molecule has 0 aliphatic rings. The molecule has 2 N–H and O–H groups in total. The van der Waals surface area contributed by atoms with E-state index in [0.717, 1.165) is 12.1 Å². The molecule has 0 atom stereocenters. The van der Waals surface area contributed by atoms with Crippen LogP contribution in [0.5, 0.6) is 0 Å². The Hall–Kier alpha value is -1.29. The number of esters is 1. The molecule has 0 fully saturated rings. The van der Waals surface area contributed by atoms with Gasteiger partial charge in [0.2, 0.25) is 0 Å². The molecular formula is C9H9ClFNO2. The molecule has 0 heterocycles. The van der Waals surface area contributed by atoms with E-state index in [-0.39, 0.29) is 22.9 Å². The van der Waals surface area contributed by atoms with E-state index < -0.39 is 11.8 Å². The van der Waals surface area contributed by atoms with Crippen molar-refractivity contribution in [3.63, 3.8) is 0 Å². The quantitative estimate of drug-likeness (QED) is 0.611. The molecule has 14 heavy (non-hydrogen) atoms. The van der Waals surface area contributed by atoms with Crippen molar-refractivity contribution >= 4 is 23.3 Å². The molecule has 0 unspecified atom stereocenters. The summed E-state index contributed by atoms with van der Waals surface area (Å²) in [4.78, 5) is 11.2. The van der Waals surface area contributed by atoms with Crippen molar-refractivity contribution in [1.82, 2.24) is 0 Å². The van der Waals surface area contributed by atoms with Crippen LogP contribution < -0.4 is 5.73 Å². The summed E-state index contributed by atoms with van der Waals surface area (Å²) >= 11 is 5.70. The van der Waals surface area contributed by atoms with Crippen molar-refractivity contribution in [2.24, 2.45) is 0 Å². The van der Waals surface area contributed by atoms with Gasteiger partial charge in [0.25, 0.3) is 0 Å². The largest absolute Gasteiger partial charge is 0.462 e. The molecule has 0 bridgehead atoms. The Kier molecular flexibility index (Phi) is 3.30. The molecule has 1 aromatic carbocycles. The first-order chi connectivity index (χ1) is 6.56. The summed E-state index contributed by atoms with van der Waals surface area (Å²) in [5, 5.41) is 0.0184. The SMILES string of the molecule is CCOC(=O)c1cc(F)cc(N)c1Cl. The summed E-state index contributed by atoms with van der Waals surface area (Å²) in [6.07, 6.45) is 0. The second-order valence-electron chi connectivity index (χ2n) is 2.58. The molecule has 1 rings (SSSR count). The van der Waals surface area contributed by atoms with Gasteiger partial charge in [-0.3, -0.25) is 0 Å². The fraction of sp³-hybridized carbons (Fsp3) is 0.222. The van der Waals surface area contributed by atoms with Gasteiger partial charge in [0, 0.05) is 0 Å². The van der Waals surface area contributed by atoms with Gasteiger partial charge in [-0.25, -0.2) is 9.18 Å². The average Bonchev–Trinajstić information content (AvgIpc) is 2.11. The lowest BCUT2D eigenvalue weighted by Crippen LogP contribution is -2.07. The fourth-order valence-electron chi connectivity index (χ4n) is 0.968. The van der Waals surface area contributed by atoms with Gasteiger partial charge < -0.3 is 10.5 Å². The number of nitrogens with two attached hydrogens (primary N) is 1. The zero-order valence-electron chi connectivity index (χ0n) is 7.51. The van der Waals surface area contributed by atoms with E-state index in [1.54, 1.807) is 6.92 Å². The molecule has 1 aromatic rings. The second-order valence-corrected chi connectivity index (χ2v) is 2.95. The maximum absolute atomic E-state index is 12.9. The highest BCUT2D eigenvalue weighted by molar-refractivity contribution is 6.36. The van der Waals surface area contributed by atoms with Gasteiger partial charge in [0.15, 0.2) is 0 Å². The zero-order chi connectivity index (χ0) is 10.7. The maximum Gasteiger partial charge on any atom is 0.339 e. The third kappa shape index (κ3) is 2.14. The van der Waals surface area contributed by atoms with Crippen LogP contribution in [0.3, 0.4) is 0 Å². The van der Waals surface area contributed by atoms with E-state index in [2.05, 4.69) is 4.74 Å². The van der Waals surface area contributed by atoms with Gasteiger partial charge in [-0.15, -0.1) is 0 Å². The Balaban J connectivity index is 3.13. The van der Waals surface area contributed by atoms with Crippen molar-refractivity contribution in [2.45, 2.75) is 6.92 Å². The normalized spacial score (nSPS) is 9.93. The third-order valence-electron chi connectivity index (χ3n) is 1.56. The molecular weight excluding hydrogens is 209 g/mol. The number of benzene rings is 1. The summed E-state index contributed by atoms with van der Waals surface area (Å²) < 4.78 is 17.5. The van der Waals surface area contributed by atoms with Gasteiger partial charge in [-0.2, -0.15) is 0 Å². The van der Waals surface area contributed by atoms with Gasteiger partial charge in [-0.1, -0.05) is 11.6 Å². The topological polar surface area (TPSA) is 52.3 Å². The van der Waals surface area contributed by atoms with Crippen LogP contribution in [-0.4, -0.2) is 12.6 Å². The Morgan fingerprint density at radius 3 is 2.86 bits per heavy atom.